The zero-order valence-corrected chi connectivity index (χ0v) is 8.94. The first-order valence-corrected chi connectivity index (χ1v) is 5.66. The molecular weight excluding hydrogens is 168 g/mol. The van der Waals surface area contributed by atoms with E-state index in [-0.39, 0.29) is 0 Å². The van der Waals surface area contributed by atoms with Gasteiger partial charge in [0.1, 0.15) is 0 Å². The van der Waals surface area contributed by atoms with Crippen LogP contribution >= 0.6 is 0 Å². The van der Waals surface area contributed by atoms with E-state index in [0.717, 1.165) is 10.5 Å². The van der Waals surface area contributed by atoms with Gasteiger partial charge in [-0.15, -0.1) is 0 Å². The van der Waals surface area contributed by atoms with Crippen molar-refractivity contribution in [3.05, 3.63) is 29.8 Å². The third-order valence-corrected chi connectivity index (χ3v) is 2.24. The van der Waals surface area contributed by atoms with Gasteiger partial charge in [-0.25, -0.2) is 0 Å². The van der Waals surface area contributed by atoms with Crippen molar-refractivity contribution in [2.45, 2.75) is 25.7 Å². The normalized spacial score (nSPS) is 11.3. The summed E-state index contributed by atoms with van der Waals surface area (Å²) in [5.41, 5.74) is 1.16. The molecule has 0 aliphatic heterocycles. The van der Waals surface area contributed by atoms with E-state index in [0.29, 0.717) is 0 Å². The Morgan fingerprint density at radius 2 is 1.83 bits per heavy atom. The van der Waals surface area contributed by atoms with Crippen LogP contribution in [0.25, 0.3) is 0 Å². The topological polar surface area (TPSA) is 17.1 Å². The molecule has 0 saturated heterocycles. The molecule has 0 fully saturated rings. The standard InChI is InChI=1S/C8H10OS.C2H6/c1-7-4-3-5-8(6-7)10(2)9;1-2/h3-6H,1-2H3;1-2H3. The Hall–Kier alpha value is -0.630. The van der Waals surface area contributed by atoms with Crippen LogP contribution in [-0.4, -0.2) is 10.5 Å². The average molecular weight is 184 g/mol. The van der Waals surface area contributed by atoms with Crippen molar-refractivity contribution < 1.29 is 4.21 Å². The highest BCUT2D eigenvalue weighted by atomic mass is 32.2. The van der Waals surface area contributed by atoms with E-state index < -0.39 is 10.8 Å². The molecule has 1 nitrogen and oxygen atoms in total. The molecule has 0 radical (unpaired) electrons. The van der Waals surface area contributed by atoms with Crippen LogP contribution in [0.1, 0.15) is 19.4 Å². The summed E-state index contributed by atoms with van der Waals surface area (Å²) >= 11 is 0. The van der Waals surface area contributed by atoms with Gasteiger partial charge in [-0.05, 0) is 24.6 Å². The van der Waals surface area contributed by atoms with Gasteiger partial charge >= 0.3 is 0 Å². The maximum absolute atomic E-state index is 10.9. The third kappa shape index (κ3) is 3.67. The van der Waals surface area contributed by atoms with E-state index >= 15 is 0 Å². The molecule has 68 valence electrons. The van der Waals surface area contributed by atoms with Gasteiger partial charge in [-0.1, -0.05) is 26.0 Å². The molecule has 0 aliphatic rings. The van der Waals surface area contributed by atoms with Crippen molar-refractivity contribution in [2.24, 2.45) is 0 Å². The molecule has 0 aliphatic carbocycles. The zero-order valence-electron chi connectivity index (χ0n) is 8.13. The summed E-state index contributed by atoms with van der Waals surface area (Å²) in [4.78, 5) is 0.903. The quantitative estimate of drug-likeness (QED) is 0.656. The molecule has 0 amide bonds. The van der Waals surface area contributed by atoms with E-state index in [4.69, 9.17) is 0 Å². The number of rotatable bonds is 1. The number of hydrogen-bond donors (Lipinski definition) is 0. The SMILES string of the molecule is CC.Cc1cccc(S(C)=O)c1. The van der Waals surface area contributed by atoms with Crippen molar-refractivity contribution in [1.82, 2.24) is 0 Å². The molecule has 0 N–H and O–H groups in total. The van der Waals surface area contributed by atoms with Crippen molar-refractivity contribution in [2.75, 3.05) is 6.26 Å². The first-order valence-electron chi connectivity index (χ1n) is 4.10. The summed E-state index contributed by atoms with van der Waals surface area (Å²) in [6.07, 6.45) is 1.69. The summed E-state index contributed by atoms with van der Waals surface area (Å²) in [6.45, 7) is 6.00. The summed E-state index contributed by atoms with van der Waals surface area (Å²) in [6, 6.07) is 7.74. The molecule has 1 unspecified atom stereocenters. The minimum atomic E-state index is -0.839. The molecule has 0 saturated carbocycles. The van der Waals surface area contributed by atoms with Crippen LogP contribution < -0.4 is 0 Å². The van der Waals surface area contributed by atoms with Gasteiger partial charge in [0.2, 0.25) is 0 Å². The van der Waals surface area contributed by atoms with Crippen molar-refractivity contribution in [3.8, 4) is 0 Å². The molecule has 0 aromatic heterocycles. The summed E-state index contributed by atoms with van der Waals surface area (Å²) in [7, 11) is -0.839. The lowest BCUT2D eigenvalue weighted by Crippen LogP contribution is -1.86. The second kappa shape index (κ2) is 5.95. The molecule has 0 heterocycles. The average Bonchev–Trinajstić information content (AvgIpc) is 2.08. The molecule has 12 heavy (non-hydrogen) atoms. The lowest BCUT2D eigenvalue weighted by Gasteiger charge is -1.95. The molecule has 2 heteroatoms. The lowest BCUT2D eigenvalue weighted by molar-refractivity contribution is 0.686. The largest absolute Gasteiger partial charge is 0.255 e. The van der Waals surface area contributed by atoms with Gasteiger partial charge in [0.15, 0.2) is 0 Å². The van der Waals surface area contributed by atoms with Crippen LogP contribution in [0.15, 0.2) is 29.2 Å². The predicted molar refractivity (Wildman–Crippen MR) is 54.9 cm³/mol. The van der Waals surface area contributed by atoms with E-state index in [9.17, 15) is 4.21 Å². The predicted octanol–water partition coefficient (Wildman–Crippen LogP) is 2.76. The van der Waals surface area contributed by atoms with Crippen molar-refractivity contribution in [1.29, 1.82) is 0 Å². The minimum Gasteiger partial charge on any atom is -0.255 e. The lowest BCUT2D eigenvalue weighted by atomic mass is 10.2. The van der Waals surface area contributed by atoms with Gasteiger partial charge in [0, 0.05) is 22.0 Å². The molecule has 1 atom stereocenters. The molecule has 1 rings (SSSR count). The van der Waals surface area contributed by atoms with Crippen LogP contribution in [0.5, 0.6) is 0 Å². The summed E-state index contributed by atoms with van der Waals surface area (Å²) in [5, 5.41) is 0. The fraction of sp³-hybridized carbons (Fsp3) is 0.400. The summed E-state index contributed by atoms with van der Waals surface area (Å²) < 4.78 is 10.9. The van der Waals surface area contributed by atoms with Gasteiger partial charge < -0.3 is 0 Å². The van der Waals surface area contributed by atoms with Crippen molar-refractivity contribution >= 4 is 10.8 Å². The highest BCUT2D eigenvalue weighted by Crippen LogP contribution is 2.06. The molecule has 1 aromatic rings. The first-order chi connectivity index (χ1) is 5.70. The smallest absolute Gasteiger partial charge is 0.0498 e. The molecule has 0 bridgehead atoms. The van der Waals surface area contributed by atoms with Gasteiger partial charge in [0.25, 0.3) is 0 Å². The monoisotopic (exact) mass is 184 g/mol. The van der Waals surface area contributed by atoms with Gasteiger partial charge in [0.05, 0.1) is 0 Å². The number of hydrogen-bond acceptors (Lipinski definition) is 1. The van der Waals surface area contributed by atoms with Crippen LogP contribution in [0.4, 0.5) is 0 Å². The van der Waals surface area contributed by atoms with E-state index in [1.165, 1.54) is 0 Å². The molecule has 1 aromatic carbocycles. The van der Waals surface area contributed by atoms with E-state index in [1.807, 2.05) is 45.0 Å². The van der Waals surface area contributed by atoms with Crippen LogP contribution in [0.2, 0.25) is 0 Å². The van der Waals surface area contributed by atoms with Crippen LogP contribution in [-0.2, 0) is 10.8 Å². The van der Waals surface area contributed by atoms with Crippen LogP contribution in [0, 0.1) is 6.92 Å². The zero-order chi connectivity index (χ0) is 9.56. The summed E-state index contributed by atoms with van der Waals surface area (Å²) in [5.74, 6) is 0. The number of aryl methyl sites for hydroxylation is 1. The Kier molecular flexibility index (Phi) is 5.64. The maximum atomic E-state index is 10.9. The second-order valence-electron chi connectivity index (χ2n) is 2.27. The van der Waals surface area contributed by atoms with E-state index in [2.05, 4.69) is 0 Å². The van der Waals surface area contributed by atoms with Crippen molar-refractivity contribution in [3.63, 3.8) is 0 Å². The Morgan fingerprint density at radius 1 is 1.25 bits per heavy atom. The Morgan fingerprint density at radius 3 is 2.17 bits per heavy atom. The van der Waals surface area contributed by atoms with Gasteiger partial charge in [-0.2, -0.15) is 0 Å². The Balaban J connectivity index is 0.000000561. The second-order valence-corrected chi connectivity index (χ2v) is 3.65. The minimum absolute atomic E-state index is 0.839. The first kappa shape index (κ1) is 11.4. The Bertz CT molecular complexity index is 256. The highest BCUT2D eigenvalue weighted by molar-refractivity contribution is 7.84. The number of benzene rings is 1. The van der Waals surface area contributed by atoms with Gasteiger partial charge in [-0.3, -0.25) is 4.21 Å². The fourth-order valence-electron chi connectivity index (χ4n) is 0.794. The fourth-order valence-corrected chi connectivity index (χ4v) is 1.42. The highest BCUT2D eigenvalue weighted by Gasteiger charge is 1.94. The Labute approximate surface area is 77.3 Å². The molecule has 0 spiro atoms. The van der Waals surface area contributed by atoms with Crippen LogP contribution in [0.3, 0.4) is 0 Å². The molecular formula is C10H16OS. The van der Waals surface area contributed by atoms with E-state index in [1.54, 1.807) is 6.26 Å². The maximum Gasteiger partial charge on any atom is 0.0498 e. The third-order valence-electron chi connectivity index (χ3n) is 1.32.